The van der Waals surface area contributed by atoms with Crippen LogP contribution in [0.4, 0.5) is 17.2 Å². The largest absolute Gasteiger partial charge is 0.383 e. The zero-order chi connectivity index (χ0) is 24.2. The maximum Gasteiger partial charge on any atom is 0.276 e. The lowest BCUT2D eigenvalue weighted by molar-refractivity contribution is 0.102. The summed E-state index contributed by atoms with van der Waals surface area (Å²) in [7, 11) is 1.72. The Morgan fingerprint density at radius 3 is 2.57 bits per heavy atom. The van der Waals surface area contributed by atoms with Gasteiger partial charge in [-0.05, 0) is 50.7 Å². The van der Waals surface area contributed by atoms with Crippen LogP contribution in [-0.2, 0) is 4.74 Å². The Hall–Kier alpha value is -2.95. The van der Waals surface area contributed by atoms with E-state index in [0.717, 1.165) is 63.2 Å². The molecular formula is C24H31ClN8O2. The van der Waals surface area contributed by atoms with Gasteiger partial charge < -0.3 is 26.0 Å². The molecule has 3 aromatic heterocycles. The molecule has 1 amide bonds. The number of imidazole rings is 1. The Labute approximate surface area is 209 Å². The van der Waals surface area contributed by atoms with E-state index in [0.29, 0.717) is 40.3 Å². The van der Waals surface area contributed by atoms with Gasteiger partial charge in [-0.15, -0.1) is 5.10 Å². The third kappa shape index (κ3) is 6.01. The van der Waals surface area contributed by atoms with E-state index in [1.54, 1.807) is 36.2 Å². The van der Waals surface area contributed by atoms with Gasteiger partial charge in [-0.3, -0.25) is 4.79 Å². The van der Waals surface area contributed by atoms with Crippen molar-refractivity contribution in [1.82, 2.24) is 24.9 Å². The van der Waals surface area contributed by atoms with Crippen LogP contribution in [0.5, 0.6) is 0 Å². The van der Waals surface area contributed by atoms with Crippen molar-refractivity contribution in [2.24, 2.45) is 0 Å². The van der Waals surface area contributed by atoms with Crippen molar-refractivity contribution >= 4 is 40.3 Å². The molecule has 10 nitrogen and oxygen atoms in total. The smallest absolute Gasteiger partial charge is 0.276 e. The van der Waals surface area contributed by atoms with Crippen LogP contribution >= 0.6 is 11.6 Å². The van der Waals surface area contributed by atoms with E-state index in [1.807, 2.05) is 6.07 Å². The summed E-state index contributed by atoms with van der Waals surface area (Å²) in [6.45, 7) is 1.61. The zero-order valence-corrected chi connectivity index (χ0v) is 20.5. The molecule has 0 bridgehead atoms. The number of ether oxygens (including phenoxy) is 1. The van der Waals surface area contributed by atoms with Crippen LogP contribution < -0.4 is 21.3 Å². The van der Waals surface area contributed by atoms with Gasteiger partial charge in [-0.2, -0.15) is 0 Å². The highest BCUT2D eigenvalue weighted by atomic mass is 35.5. The SMILES string of the molecule is COCCN[C@H]1CC[C@H](Nc2cc(NC3CC3)c3ncc(C(=O)Nc4ccnc(Cl)c4)n3n2)CC1. The first kappa shape index (κ1) is 23.8. The number of rotatable bonds is 10. The van der Waals surface area contributed by atoms with Crippen molar-refractivity contribution in [3.8, 4) is 0 Å². The minimum atomic E-state index is -0.315. The Kier molecular flexibility index (Phi) is 7.31. The first-order valence-corrected chi connectivity index (χ1v) is 12.5. The van der Waals surface area contributed by atoms with E-state index in [-0.39, 0.29) is 5.91 Å². The molecule has 0 unspecified atom stereocenters. The molecule has 2 aliphatic carbocycles. The van der Waals surface area contributed by atoms with Crippen molar-refractivity contribution in [3.63, 3.8) is 0 Å². The van der Waals surface area contributed by atoms with Gasteiger partial charge in [0.2, 0.25) is 0 Å². The number of hydrogen-bond acceptors (Lipinski definition) is 8. The van der Waals surface area contributed by atoms with Crippen LogP contribution in [0, 0.1) is 0 Å². The fourth-order valence-electron chi connectivity index (χ4n) is 4.44. The van der Waals surface area contributed by atoms with E-state index >= 15 is 0 Å². The van der Waals surface area contributed by atoms with Crippen LogP contribution in [0.3, 0.4) is 0 Å². The van der Waals surface area contributed by atoms with E-state index in [9.17, 15) is 4.79 Å². The van der Waals surface area contributed by atoms with E-state index < -0.39 is 0 Å². The molecular weight excluding hydrogens is 468 g/mol. The number of amides is 1. The Morgan fingerprint density at radius 2 is 1.83 bits per heavy atom. The number of aromatic nitrogens is 4. The highest BCUT2D eigenvalue weighted by molar-refractivity contribution is 6.29. The average Bonchev–Trinajstić information content (AvgIpc) is 3.55. The van der Waals surface area contributed by atoms with Gasteiger partial charge in [0.05, 0.1) is 18.5 Å². The summed E-state index contributed by atoms with van der Waals surface area (Å²) in [5, 5.41) is 18.6. The normalized spacial score (nSPS) is 20.1. The second kappa shape index (κ2) is 10.8. The van der Waals surface area contributed by atoms with Crippen molar-refractivity contribution < 1.29 is 9.53 Å². The predicted octanol–water partition coefficient (Wildman–Crippen LogP) is 3.56. The molecule has 4 N–H and O–H groups in total. The Bertz CT molecular complexity index is 1170. The van der Waals surface area contributed by atoms with Gasteiger partial charge in [0.1, 0.15) is 11.0 Å². The summed E-state index contributed by atoms with van der Waals surface area (Å²) >= 11 is 5.96. The number of nitrogens with zero attached hydrogens (tertiary/aromatic N) is 4. The van der Waals surface area contributed by atoms with E-state index in [2.05, 4.69) is 31.2 Å². The molecule has 35 heavy (non-hydrogen) atoms. The number of hydrogen-bond donors (Lipinski definition) is 4. The highest BCUT2D eigenvalue weighted by Crippen LogP contribution is 2.30. The number of pyridine rings is 1. The second-order valence-corrected chi connectivity index (χ2v) is 9.59. The molecule has 2 saturated carbocycles. The first-order chi connectivity index (χ1) is 17.1. The molecule has 3 heterocycles. The summed E-state index contributed by atoms with van der Waals surface area (Å²) in [6.07, 6.45) is 9.67. The lowest BCUT2D eigenvalue weighted by atomic mass is 9.91. The van der Waals surface area contributed by atoms with Gasteiger partial charge in [0.15, 0.2) is 11.3 Å². The fourth-order valence-corrected chi connectivity index (χ4v) is 4.61. The summed E-state index contributed by atoms with van der Waals surface area (Å²) in [5.41, 5.74) is 2.42. The molecule has 0 spiro atoms. The second-order valence-electron chi connectivity index (χ2n) is 9.20. The number of carbonyl (C=O) groups excluding carboxylic acids is 1. The lowest BCUT2D eigenvalue weighted by Gasteiger charge is -2.30. The molecule has 5 rings (SSSR count). The molecule has 0 radical (unpaired) electrons. The van der Waals surface area contributed by atoms with Crippen molar-refractivity contribution in [3.05, 3.63) is 41.4 Å². The third-order valence-corrected chi connectivity index (χ3v) is 6.65. The van der Waals surface area contributed by atoms with Crippen molar-refractivity contribution in [1.29, 1.82) is 0 Å². The monoisotopic (exact) mass is 498 g/mol. The maximum absolute atomic E-state index is 13.1. The molecule has 186 valence electrons. The molecule has 3 aromatic rings. The predicted molar refractivity (Wildman–Crippen MR) is 136 cm³/mol. The number of fused-ring (bicyclic) bond motifs is 1. The topological polar surface area (TPSA) is 118 Å². The summed E-state index contributed by atoms with van der Waals surface area (Å²) in [4.78, 5) is 21.5. The minimum Gasteiger partial charge on any atom is -0.383 e. The quantitative estimate of drug-likeness (QED) is 0.247. The minimum absolute atomic E-state index is 0.310. The summed E-state index contributed by atoms with van der Waals surface area (Å²) < 4.78 is 6.75. The molecule has 2 fully saturated rings. The number of anilines is 3. The van der Waals surface area contributed by atoms with Gasteiger partial charge in [0, 0.05) is 49.7 Å². The Morgan fingerprint density at radius 1 is 1.09 bits per heavy atom. The first-order valence-electron chi connectivity index (χ1n) is 12.2. The van der Waals surface area contributed by atoms with Crippen LogP contribution in [0.2, 0.25) is 5.15 Å². The molecule has 0 saturated heterocycles. The van der Waals surface area contributed by atoms with Crippen molar-refractivity contribution in [2.75, 3.05) is 36.2 Å². The Balaban J connectivity index is 1.33. The van der Waals surface area contributed by atoms with Gasteiger partial charge >= 0.3 is 0 Å². The molecule has 11 heteroatoms. The van der Waals surface area contributed by atoms with Crippen LogP contribution in [0.25, 0.3) is 5.65 Å². The van der Waals surface area contributed by atoms with E-state index in [1.165, 1.54) is 0 Å². The molecule has 0 aromatic carbocycles. The molecule has 0 atom stereocenters. The zero-order valence-electron chi connectivity index (χ0n) is 19.8. The number of halogens is 1. The average molecular weight is 499 g/mol. The number of methoxy groups -OCH3 is 1. The van der Waals surface area contributed by atoms with E-state index in [4.69, 9.17) is 21.4 Å². The molecule has 2 aliphatic rings. The van der Waals surface area contributed by atoms with Crippen LogP contribution in [-0.4, -0.2) is 63.9 Å². The van der Waals surface area contributed by atoms with Gasteiger partial charge in [-0.25, -0.2) is 14.5 Å². The van der Waals surface area contributed by atoms with Crippen LogP contribution in [0.15, 0.2) is 30.6 Å². The number of nitrogens with one attached hydrogen (secondary N) is 4. The summed E-state index contributed by atoms with van der Waals surface area (Å²) in [6, 6.07) is 6.59. The fraction of sp³-hybridized carbons (Fsp3) is 0.500. The van der Waals surface area contributed by atoms with Gasteiger partial charge in [0.25, 0.3) is 5.91 Å². The lowest BCUT2D eigenvalue weighted by Crippen LogP contribution is -2.38. The van der Waals surface area contributed by atoms with Crippen LogP contribution in [0.1, 0.15) is 49.0 Å². The summed E-state index contributed by atoms with van der Waals surface area (Å²) in [5.74, 6) is 0.417. The number of carbonyl (C=O) groups is 1. The standard InChI is InChI=1S/C24H31ClN8O2/c1-35-11-10-26-15-2-4-17(5-3-15)30-22-13-19(29-16-6-7-16)23-28-14-20(33(23)32-22)24(34)31-18-8-9-27-21(25)12-18/h8-9,12-17,26,29H,2-7,10-11H2,1H3,(H,30,32)(H,27,31,34)/t15-,17-. The van der Waals surface area contributed by atoms with Gasteiger partial charge in [-0.1, -0.05) is 11.6 Å². The van der Waals surface area contributed by atoms with Crippen molar-refractivity contribution in [2.45, 2.75) is 56.7 Å². The third-order valence-electron chi connectivity index (χ3n) is 6.44. The highest BCUT2D eigenvalue weighted by Gasteiger charge is 2.26. The molecule has 0 aliphatic heterocycles. The maximum atomic E-state index is 13.1.